The zero-order valence-electron chi connectivity index (χ0n) is 10.0. The van der Waals surface area contributed by atoms with Crippen molar-refractivity contribution in [1.29, 1.82) is 0 Å². The molecule has 0 aromatic heterocycles. The molecule has 0 aliphatic carbocycles. The Morgan fingerprint density at radius 3 is 2.60 bits per heavy atom. The quantitative estimate of drug-likeness (QED) is 0.729. The van der Waals surface area contributed by atoms with Crippen molar-refractivity contribution in [2.24, 2.45) is 5.92 Å². The van der Waals surface area contributed by atoms with Gasteiger partial charge in [-0.15, -0.1) is 0 Å². The van der Waals surface area contributed by atoms with Crippen LogP contribution in [0.1, 0.15) is 27.2 Å². The van der Waals surface area contributed by atoms with Gasteiger partial charge in [0.05, 0.1) is 5.92 Å². The molecule has 88 valence electrons. The van der Waals surface area contributed by atoms with Crippen molar-refractivity contribution in [1.82, 2.24) is 10.2 Å². The first-order valence-corrected chi connectivity index (χ1v) is 5.62. The van der Waals surface area contributed by atoms with E-state index in [0.29, 0.717) is 6.04 Å². The molecular weight excluding hydrogens is 192 g/mol. The van der Waals surface area contributed by atoms with Gasteiger partial charge in [0.2, 0.25) is 0 Å². The number of carboxylic acids is 1. The molecule has 4 heteroatoms. The predicted octanol–water partition coefficient (Wildman–Crippen LogP) is 0.778. The van der Waals surface area contributed by atoms with Gasteiger partial charge in [-0.05, 0) is 26.9 Å². The molecule has 2 N–H and O–H groups in total. The number of nitrogens with zero attached hydrogens (tertiary/aromatic N) is 1. The number of piperidine rings is 1. The molecule has 0 amide bonds. The lowest BCUT2D eigenvalue weighted by atomic mass is 9.86. The maximum absolute atomic E-state index is 11.1. The van der Waals surface area contributed by atoms with E-state index in [0.717, 1.165) is 13.0 Å². The van der Waals surface area contributed by atoms with Crippen LogP contribution in [0.5, 0.6) is 0 Å². The number of hydrogen-bond donors (Lipinski definition) is 2. The van der Waals surface area contributed by atoms with Crippen LogP contribution in [-0.4, -0.2) is 47.7 Å². The number of likely N-dealkylation sites (N-methyl/N-ethyl adjacent to an activating group) is 1. The highest BCUT2D eigenvalue weighted by atomic mass is 16.4. The summed E-state index contributed by atoms with van der Waals surface area (Å²) in [5, 5.41) is 12.5. The number of carbonyl (C=O) groups is 1. The summed E-state index contributed by atoms with van der Waals surface area (Å²) in [4.78, 5) is 13.4. The third-order valence-corrected chi connectivity index (χ3v) is 3.28. The molecule has 1 saturated heterocycles. The Kier molecular flexibility index (Phi) is 4.11. The van der Waals surface area contributed by atoms with Gasteiger partial charge in [0.15, 0.2) is 0 Å². The topological polar surface area (TPSA) is 52.6 Å². The molecule has 1 fully saturated rings. The fraction of sp³-hybridized carbons (Fsp3) is 0.909. The van der Waals surface area contributed by atoms with E-state index in [2.05, 4.69) is 38.0 Å². The normalized spacial score (nSPS) is 33.3. The SMILES string of the molecule is CC(C)NC1C(C(=O)O)CCN(C)C1C. The van der Waals surface area contributed by atoms with E-state index in [9.17, 15) is 4.79 Å². The molecular formula is C11H22N2O2. The van der Waals surface area contributed by atoms with E-state index in [1.807, 2.05) is 0 Å². The van der Waals surface area contributed by atoms with Crippen molar-refractivity contribution in [2.45, 2.75) is 45.3 Å². The number of hydrogen-bond acceptors (Lipinski definition) is 3. The Balaban J connectivity index is 2.74. The van der Waals surface area contributed by atoms with Crippen molar-refractivity contribution in [3.05, 3.63) is 0 Å². The maximum Gasteiger partial charge on any atom is 0.308 e. The zero-order valence-corrected chi connectivity index (χ0v) is 10.0. The summed E-state index contributed by atoms with van der Waals surface area (Å²) in [6.07, 6.45) is 0.737. The highest BCUT2D eigenvalue weighted by molar-refractivity contribution is 5.71. The van der Waals surface area contributed by atoms with Crippen LogP contribution >= 0.6 is 0 Å². The largest absolute Gasteiger partial charge is 0.481 e. The third kappa shape index (κ3) is 2.92. The van der Waals surface area contributed by atoms with Gasteiger partial charge in [0.1, 0.15) is 0 Å². The third-order valence-electron chi connectivity index (χ3n) is 3.28. The van der Waals surface area contributed by atoms with Crippen LogP contribution in [0.4, 0.5) is 0 Å². The summed E-state index contributed by atoms with van der Waals surface area (Å²) in [6.45, 7) is 7.07. The molecule has 1 aliphatic heterocycles. The fourth-order valence-corrected chi connectivity index (χ4v) is 2.25. The van der Waals surface area contributed by atoms with E-state index in [4.69, 9.17) is 5.11 Å². The first-order chi connectivity index (χ1) is 6.93. The van der Waals surface area contributed by atoms with Gasteiger partial charge in [-0.3, -0.25) is 4.79 Å². The van der Waals surface area contributed by atoms with Crippen molar-refractivity contribution in [2.75, 3.05) is 13.6 Å². The second kappa shape index (κ2) is 4.94. The first kappa shape index (κ1) is 12.5. The highest BCUT2D eigenvalue weighted by Crippen LogP contribution is 2.22. The minimum atomic E-state index is -0.673. The molecule has 1 heterocycles. The minimum Gasteiger partial charge on any atom is -0.481 e. The molecule has 0 radical (unpaired) electrons. The van der Waals surface area contributed by atoms with E-state index in [1.54, 1.807) is 0 Å². The second-order valence-corrected chi connectivity index (χ2v) is 4.80. The van der Waals surface area contributed by atoms with E-state index >= 15 is 0 Å². The highest BCUT2D eigenvalue weighted by Gasteiger charge is 2.37. The zero-order chi connectivity index (χ0) is 11.6. The molecule has 1 aliphatic rings. The second-order valence-electron chi connectivity index (χ2n) is 4.80. The van der Waals surface area contributed by atoms with Gasteiger partial charge >= 0.3 is 5.97 Å². The smallest absolute Gasteiger partial charge is 0.308 e. The van der Waals surface area contributed by atoms with Gasteiger partial charge in [0, 0.05) is 18.1 Å². The Hall–Kier alpha value is -0.610. The molecule has 0 spiro atoms. The van der Waals surface area contributed by atoms with Crippen LogP contribution in [-0.2, 0) is 4.79 Å². The molecule has 15 heavy (non-hydrogen) atoms. The summed E-state index contributed by atoms with van der Waals surface area (Å²) in [5.41, 5.74) is 0. The average Bonchev–Trinajstić information content (AvgIpc) is 2.12. The molecule has 0 aromatic rings. The summed E-state index contributed by atoms with van der Waals surface area (Å²) in [7, 11) is 2.05. The van der Waals surface area contributed by atoms with Gasteiger partial charge < -0.3 is 15.3 Å². The molecule has 0 bridgehead atoms. The molecule has 3 unspecified atom stereocenters. The predicted molar refractivity (Wildman–Crippen MR) is 59.9 cm³/mol. The lowest BCUT2D eigenvalue weighted by molar-refractivity contribution is -0.145. The maximum atomic E-state index is 11.1. The lowest BCUT2D eigenvalue weighted by Gasteiger charge is -2.42. The van der Waals surface area contributed by atoms with Crippen molar-refractivity contribution in [3.63, 3.8) is 0 Å². The molecule has 0 saturated carbocycles. The van der Waals surface area contributed by atoms with Crippen molar-refractivity contribution < 1.29 is 9.90 Å². The van der Waals surface area contributed by atoms with E-state index in [-0.39, 0.29) is 18.0 Å². The van der Waals surface area contributed by atoms with Crippen LogP contribution in [0.15, 0.2) is 0 Å². The van der Waals surface area contributed by atoms with Crippen LogP contribution < -0.4 is 5.32 Å². The summed E-state index contributed by atoms with van der Waals surface area (Å²) < 4.78 is 0. The van der Waals surface area contributed by atoms with Crippen LogP contribution in [0, 0.1) is 5.92 Å². The van der Waals surface area contributed by atoms with Gasteiger partial charge in [-0.2, -0.15) is 0 Å². The molecule has 3 atom stereocenters. The number of aliphatic carboxylic acids is 1. The van der Waals surface area contributed by atoms with Crippen molar-refractivity contribution in [3.8, 4) is 0 Å². The van der Waals surface area contributed by atoms with Gasteiger partial charge in [-0.1, -0.05) is 13.8 Å². The Bertz CT molecular complexity index is 231. The minimum absolute atomic E-state index is 0.0567. The first-order valence-electron chi connectivity index (χ1n) is 5.62. The Morgan fingerprint density at radius 1 is 1.53 bits per heavy atom. The van der Waals surface area contributed by atoms with Crippen LogP contribution in [0.2, 0.25) is 0 Å². The van der Waals surface area contributed by atoms with Crippen LogP contribution in [0.25, 0.3) is 0 Å². The van der Waals surface area contributed by atoms with Crippen molar-refractivity contribution >= 4 is 5.97 Å². The number of rotatable bonds is 3. The van der Waals surface area contributed by atoms with E-state index in [1.165, 1.54) is 0 Å². The summed E-state index contributed by atoms with van der Waals surface area (Å²) >= 11 is 0. The van der Waals surface area contributed by atoms with E-state index < -0.39 is 5.97 Å². The fourth-order valence-electron chi connectivity index (χ4n) is 2.25. The molecule has 1 rings (SSSR count). The number of carboxylic acid groups (broad SMARTS) is 1. The Labute approximate surface area is 91.6 Å². The van der Waals surface area contributed by atoms with Crippen LogP contribution in [0.3, 0.4) is 0 Å². The standard InChI is InChI=1S/C11H22N2O2/c1-7(2)12-10-8(3)13(4)6-5-9(10)11(14)15/h7-10,12H,5-6H2,1-4H3,(H,14,15). The number of nitrogens with one attached hydrogen (secondary N) is 1. The number of likely N-dealkylation sites (tertiary alicyclic amines) is 1. The lowest BCUT2D eigenvalue weighted by Crippen LogP contribution is -2.58. The Morgan fingerprint density at radius 2 is 2.13 bits per heavy atom. The van der Waals surface area contributed by atoms with Gasteiger partial charge in [0.25, 0.3) is 0 Å². The average molecular weight is 214 g/mol. The molecule has 0 aromatic carbocycles. The van der Waals surface area contributed by atoms with Gasteiger partial charge in [-0.25, -0.2) is 0 Å². The monoisotopic (exact) mass is 214 g/mol. The summed E-state index contributed by atoms with van der Waals surface area (Å²) in [6, 6.07) is 0.661. The summed E-state index contributed by atoms with van der Waals surface area (Å²) in [5.74, 6) is -0.924. The molecule has 4 nitrogen and oxygen atoms in total.